The number of carbonyl (C=O) groups is 1. The molecule has 1 N–H and O–H groups in total. The molecular formula is C16H21NO3Si. The molecule has 1 aromatic rings. The largest absolute Gasteiger partial charge is 0.497 e. The minimum absolute atomic E-state index is 0.296. The fraction of sp³-hybridized carbons (Fsp3) is 0.312. The fourth-order valence-electron chi connectivity index (χ4n) is 1.32. The highest BCUT2D eigenvalue weighted by atomic mass is 28.3. The Bertz CT molecular complexity index is 548. The average molecular weight is 303 g/mol. The number of ether oxygens (including phenoxy) is 1. The van der Waals surface area contributed by atoms with Crippen LogP contribution in [0.4, 0.5) is 0 Å². The standard InChI is InChI=1S/C16H21NO3Si/c1-19-15-10-8-14(9-11-15)13-20-17-16(18)7-5-6-12-21(2,3)4/h5,7-11H,13H2,1-4H3,(H,17,18)/b7-5+. The Balaban J connectivity index is 2.32. The summed E-state index contributed by atoms with van der Waals surface area (Å²) < 4.78 is 5.06. The molecule has 0 unspecified atom stereocenters. The molecule has 1 amide bonds. The fourth-order valence-corrected chi connectivity index (χ4v) is 1.84. The number of methoxy groups -OCH3 is 1. The second-order valence-electron chi connectivity index (χ2n) is 5.46. The zero-order valence-electron chi connectivity index (χ0n) is 12.9. The van der Waals surface area contributed by atoms with Crippen molar-refractivity contribution in [3.05, 3.63) is 42.0 Å². The highest BCUT2D eigenvalue weighted by Crippen LogP contribution is 2.11. The van der Waals surface area contributed by atoms with Crippen LogP contribution in [0.15, 0.2) is 36.4 Å². The smallest absolute Gasteiger partial charge is 0.268 e. The Hall–Kier alpha value is -2.03. The van der Waals surface area contributed by atoms with Gasteiger partial charge >= 0.3 is 0 Å². The molecule has 1 rings (SSSR count). The van der Waals surface area contributed by atoms with E-state index in [0.717, 1.165) is 11.3 Å². The normalized spacial score (nSPS) is 10.9. The number of nitrogens with one attached hydrogen (secondary N) is 1. The molecule has 0 atom stereocenters. The van der Waals surface area contributed by atoms with Crippen LogP contribution in [0.3, 0.4) is 0 Å². The number of allylic oxidation sites excluding steroid dienone is 1. The predicted molar refractivity (Wildman–Crippen MR) is 86.2 cm³/mol. The third kappa shape index (κ3) is 7.97. The number of amides is 1. The minimum Gasteiger partial charge on any atom is -0.497 e. The molecule has 0 spiro atoms. The van der Waals surface area contributed by atoms with Crippen molar-refractivity contribution in [3.8, 4) is 17.2 Å². The third-order valence-electron chi connectivity index (χ3n) is 2.34. The number of hydrogen-bond acceptors (Lipinski definition) is 3. The van der Waals surface area contributed by atoms with E-state index in [0.29, 0.717) is 6.61 Å². The van der Waals surface area contributed by atoms with Crippen molar-refractivity contribution < 1.29 is 14.4 Å². The average Bonchev–Trinajstić information content (AvgIpc) is 2.43. The third-order valence-corrected chi connectivity index (χ3v) is 3.23. The van der Waals surface area contributed by atoms with Crippen LogP contribution in [-0.4, -0.2) is 21.1 Å². The maximum Gasteiger partial charge on any atom is 0.268 e. The van der Waals surface area contributed by atoms with Gasteiger partial charge < -0.3 is 4.74 Å². The van der Waals surface area contributed by atoms with Crippen LogP contribution in [0.5, 0.6) is 5.75 Å². The number of rotatable bonds is 5. The van der Waals surface area contributed by atoms with E-state index in [2.05, 4.69) is 36.6 Å². The van der Waals surface area contributed by atoms with E-state index in [9.17, 15) is 4.79 Å². The SMILES string of the molecule is COc1ccc(CONC(=O)/C=C/C#C[Si](C)(C)C)cc1. The highest BCUT2D eigenvalue weighted by molar-refractivity contribution is 6.83. The first-order valence-corrected chi connectivity index (χ1v) is 10.1. The summed E-state index contributed by atoms with van der Waals surface area (Å²) in [4.78, 5) is 16.6. The summed E-state index contributed by atoms with van der Waals surface area (Å²) in [5, 5.41) is 0. The summed E-state index contributed by atoms with van der Waals surface area (Å²) in [6, 6.07) is 7.43. The molecule has 4 nitrogen and oxygen atoms in total. The van der Waals surface area contributed by atoms with Crippen LogP contribution in [0, 0.1) is 11.5 Å². The molecule has 0 saturated carbocycles. The zero-order valence-corrected chi connectivity index (χ0v) is 13.9. The summed E-state index contributed by atoms with van der Waals surface area (Å²) in [6.07, 6.45) is 2.91. The molecule has 0 fully saturated rings. The zero-order chi connectivity index (χ0) is 15.7. The summed E-state index contributed by atoms with van der Waals surface area (Å²) in [5.74, 6) is 3.34. The molecule has 5 heteroatoms. The number of carbonyl (C=O) groups excluding carboxylic acids is 1. The molecule has 112 valence electrons. The van der Waals surface area contributed by atoms with Gasteiger partial charge in [0.2, 0.25) is 0 Å². The van der Waals surface area contributed by atoms with Crippen molar-refractivity contribution in [3.63, 3.8) is 0 Å². The minimum atomic E-state index is -1.39. The molecule has 0 heterocycles. The molecule has 0 aromatic heterocycles. The van der Waals surface area contributed by atoms with Gasteiger partial charge in [0.05, 0.1) is 13.7 Å². The number of benzene rings is 1. The van der Waals surface area contributed by atoms with E-state index in [-0.39, 0.29) is 5.91 Å². The quantitative estimate of drug-likeness (QED) is 0.394. The van der Waals surface area contributed by atoms with Crippen molar-refractivity contribution in [1.29, 1.82) is 0 Å². The molecule has 0 aliphatic heterocycles. The predicted octanol–water partition coefficient (Wildman–Crippen LogP) is 2.68. The van der Waals surface area contributed by atoms with E-state index >= 15 is 0 Å². The van der Waals surface area contributed by atoms with Gasteiger partial charge in [0, 0.05) is 6.08 Å². The molecule has 0 radical (unpaired) electrons. The van der Waals surface area contributed by atoms with Gasteiger partial charge in [-0.15, -0.1) is 5.54 Å². The van der Waals surface area contributed by atoms with E-state index in [1.165, 1.54) is 6.08 Å². The van der Waals surface area contributed by atoms with Gasteiger partial charge in [-0.05, 0) is 23.8 Å². The van der Waals surface area contributed by atoms with Gasteiger partial charge in [-0.3, -0.25) is 9.63 Å². The Morgan fingerprint density at radius 3 is 2.52 bits per heavy atom. The first-order valence-electron chi connectivity index (χ1n) is 6.64. The van der Waals surface area contributed by atoms with Gasteiger partial charge in [-0.25, -0.2) is 5.48 Å². The first-order chi connectivity index (χ1) is 9.90. The van der Waals surface area contributed by atoms with Crippen LogP contribution in [0.25, 0.3) is 0 Å². The van der Waals surface area contributed by atoms with Crippen molar-refractivity contribution in [2.75, 3.05) is 7.11 Å². The molecule has 0 bridgehead atoms. The lowest BCUT2D eigenvalue weighted by molar-refractivity contribution is -0.129. The molecule has 0 aliphatic rings. The van der Waals surface area contributed by atoms with Crippen molar-refractivity contribution in [2.24, 2.45) is 0 Å². The van der Waals surface area contributed by atoms with Gasteiger partial charge in [0.15, 0.2) is 0 Å². The summed E-state index contributed by atoms with van der Waals surface area (Å²) in [5.41, 5.74) is 6.43. The lowest BCUT2D eigenvalue weighted by Crippen LogP contribution is -2.21. The van der Waals surface area contributed by atoms with Crippen LogP contribution >= 0.6 is 0 Å². The Kier molecular flexibility index (Phi) is 6.72. The van der Waals surface area contributed by atoms with Gasteiger partial charge in [0.1, 0.15) is 13.8 Å². The number of hydroxylamine groups is 1. The van der Waals surface area contributed by atoms with Crippen LogP contribution in [0.2, 0.25) is 19.6 Å². The van der Waals surface area contributed by atoms with Crippen LogP contribution < -0.4 is 10.2 Å². The van der Waals surface area contributed by atoms with Gasteiger partial charge in [0.25, 0.3) is 5.91 Å². The topological polar surface area (TPSA) is 47.6 Å². The van der Waals surface area contributed by atoms with Crippen molar-refractivity contribution in [1.82, 2.24) is 5.48 Å². The Morgan fingerprint density at radius 1 is 1.29 bits per heavy atom. The maximum atomic E-state index is 11.5. The summed E-state index contributed by atoms with van der Waals surface area (Å²) in [6.45, 7) is 6.73. The second kappa shape index (κ2) is 8.30. The first kappa shape index (κ1) is 17.0. The maximum absolute atomic E-state index is 11.5. The molecule has 0 saturated heterocycles. The van der Waals surface area contributed by atoms with E-state index in [1.54, 1.807) is 13.2 Å². The molecule has 0 aliphatic carbocycles. The lowest BCUT2D eigenvalue weighted by atomic mass is 10.2. The number of hydrogen-bond donors (Lipinski definition) is 1. The highest BCUT2D eigenvalue weighted by Gasteiger charge is 2.06. The molecule has 1 aromatic carbocycles. The van der Waals surface area contributed by atoms with Crippen LogP contribution in [0.1, 0.15) is 5.56 Å². The van der Waals surface area contributed by atoms with Gasteiger partial charge in [-0.2, -0.15) is 0 Å². The van der Waals surface area contributed by atoms with E-state index in [1.807, 2.05) is 24.3 Å². The second-order valence-corrected chi connectivity index (χ2v) is 10.2. The van der Waals surface area contributed by atoms with E-state index < -0.39 is 8.07 Å². The molecule has 21 heavy (non-hydrogen) atoms. The summed E-state index contributed by atoms with van der Waals surface area (Å²) in [7, 11) is 0.222. The van der Waals surface area contributed by atoms with Gasteiger partial charge in [-0.1, -0.05) is 37.7 Å². The van der Waals surface area contributed by atoms with Crippen molar-refractivity contribution in [2.45, 2.75) is 26.2 Å². The Morgan fingerprint density at radius 2 is 1.95 bits per heavy atom. The monoisotopic (exact) mass is 303 g/mol. The molecular weight excluding hydrogens is 282 g/mol. The van der Waals surface area contributed by atoms with E-state index in [4.69, 9.17) is 9.57 Å². The lowest BCUT2D eigenvalue weighted by Gasteiger charge is -2.04. The summed E-state index contributed by atoms with van der Waals surface area (Å²) >= 11 is 0. The van der Waals surface area contributed by atoms with Crippen molar-refractivity contribution >= 4 is 14.0 Å². The van der Waals surface area contributed by atoms with Crippen LogP contribution in [-0.2, 0) is 16.2 Å². The Labute approximate surface area is 127 Å².